The Bertz CT molecular complexity index is 445. The van der Waals surface area contributed by atoms with Crippen molar-refractivity contribution in [2.45, 2.75) is 32.6 Å². The first-order valence-electron chi connectivity index (χ1n) is 5.43. The summed E-state index contributed by atoms with van der Waals surface area (Å²) in [6.07, 6.45) is 2.61. The second-order valence-corrected chi connectivity index (χ2v) is 4.11. The van der Waals surface area contributed by atoms with Crippen molar-refractivity contribution in [3.05, 3.63) is 22.5 Å². The van der Waals surface area contributed by atoms with Crippen LogP contribution in [0.3, 0.4) is 0 Å². The maximum atomic E-state index is 11.7. The quantitative estimate of drug-likeness (QED) is 0.771. The molecule has 0 amide bonds. The van der Waals surface area contributed by atoms with Crippen LogP contribution >= 0.6 is 0 Å². The molecule has 0 aliphatic heterocycles. The lowest BCUT2D eigenvalue weighted by Gasteiger charge is -2.09. The number of methoxy groups -OCH3 is 1. The van der Waals surface area contributed by atoms with Crippen LogP contribution in [0.5, 0.6) is 0 Å². The van der Waals surface area contributed by atoms with Gasteiger partial charge in [0.15, 0.2) is 5.78 Å². The Labute approximate surface area is 94.0 Å². The highest BCUT2D eigenvalue weighted by atomic mass is 16.5. The number of aromatic amines is 1. The Hall–Kier alpha value is -1.58. The van der Waals surface area contributed by atoms with E-state index >= 15 is 0 Å². The molecule has 0 bridgehead atoms. The molecule has 0 aromatic carbocycles. The van der Waals surface area contributed by atoms with Gasteiger partial charge in [0.05, 0.1) is 13.5 Å². The fourth-order valence-electron chi connectivity index (χ4n) is 2.22. The van der Waals surface area contributed by atoms with Gasteiger partial charge < -0.3 is 9.72 Å². The average molecular weight is 221 g/mol. The number of ketones is 1. The lowest BCUT2D eigenvalue weighted by molar-refractivity contribution is -0.139. The molecule has 0 saturated heterocycles. The third-order valence-corrected chi connectivity index (χ3v) is 3.09. The fourth-order valence-corrected chi connectivity index (χ4v) is 2.22. The van der Waals surface area contributed by atoms with E-state index in [1.807, 2.05) is 6.92 Å². The smallest absolute Gasteiger partial charge is 0.311 e. The van der Waals surface area contributed by atoms with Gasteiger partial charge in [0.25, 0.3) is 0 Å². The first-order valence-corrected chi connectivity index (χ1v) is 5.43. The van der Waals surface area contributed by atoms with Gasteiger partial charge in [-0.3, -0.25) is 9.59 Å². The molecule has 16 heavy (non-hydrogen) atoms. The van der Waals surface area contributed by atoms with Crippen LogP contribution in [-0.4, -0.2) is 23.8 Å². The van der Waals surface area contributed by atoms with E-state index in [0.717, 1.165) is 35.4 Å². The summed E-state index contributed by atoms with van der Waals surface area (Å²) in [5.74, 6) is -0.0970. The Morgan fingerprint density at radius 3 is 2.81 bits per heavy atom. The highest BCUT2D eigenvalue weighted by Crippen LogP contribution is 2.26. The van der Waals surface area contributed by atoms with E-state index in [2.05, 4.69) is 9.72 Å². The molecule has 0 spiro atoms. The lowest BCUT2D eigenvalue weighted by Crippen LogP contribution is -2.10. The summed E-state index contributed by atoms with van der Waals surface area (Å²) in [7, 11) is 1.37. The van der Waals surface area contributed by atoms with Crippen LogP contribution in [0.1, 0.15) is 40.2 Å². The van der Waals surface area contributed by atoms with Crippen molar-refractivity contribution in [2.75, 3.05) is 7.11 Å². The number of nitrogens with one attached hydrogen (secondary N) is 1. The number of Topliss-reactive ketones (excluding diaryl/α,β-unsaturated/α-hetero) is 1. The Balaban J connectivity index is 2.35. The number of ether oxygens (including phenoxy) is 1. The summed E-state index contributed by atoms with van der Waals surface area (Å²) in [6, 6.07) is 0. The number of rotatable bonds is 2. The van der Waals surface area contributed by atoms with Gasteiger partial charge in [0.2, 0.25) is 0 Å². The molecule has 1 N–H and O–H groups in total. The number of H-pyrrole nitrogens is 1. The van der Waals surface area contributed by atoms with Gasteiger partial charge in [-0.05, 0) is 25.3 Å². The maximum absolute atomic E-state index is 11.7. The molecule has 4 heteroatoms. The van der Waals surface area contributed by atoms with Gasteiger partial charge in [0.1, 0.15) is 0 Å². The van der Waals surface area contributed by atoms with Gasteiger partial charge in [0, 0.05) is 23.4 Å². The number of fused-ring (bicyclic) bond motifs is 1. The van der Waals surface area contributed by atoms with Crippen molar-refractivity contribution in [1.29, 1.82) is 0 Å². The second kappa shape index (κ2) is 4.12. The molecule has 4 nitrogen and oxygen atoms in total. The molecule has 0 fully saturated rings. The van der Waals surface area contributed by atoms with Crippen LogP contribution in [0.2, 0.25) is 0 Å². The standard InChI is InChI=1S/C12H15NO3/c1-7-9(6-11(15)16-2)13-8-4-3-5-10(14)12(7)8/h13H,3-6H2,1-2H3. The van der Waals surface area contributed by atoms with E-state index in [0.29, 0.717) is 6.42 Å². The zero-order chi connectivity index (χ0) is 11.7. The Kier molecular flexibility index (Phi) is 2.81. The first-order chi connectivity index (χ1) is 7.63. The van der Waals surface area contributed by atoms with Crippen LogP contribution in [0.4, 0.5) is 0 Å². The minimum atomic E-state index is -0.283. The topological polar surface area (TPSA) is 59.2 Å². The minimum Gasteiger partial charge on any atom is -0.469 e. The van der Waals surface area contributed by atoms with Crippen molar-refractivity contribution >= 4 is 11.8 Å². The molecule has 1 aliphatic carbocycles. The molecule has 0 atom stereocenters. The molecular formula is C12H15NO3. The summed E-state index contributed by atoms with van der Waals surface area (Å²) in [5, 5.41) is 0. The fraction of sp³-hybridized carbons (Fsp3) is 0.500. The number of esters is 1. The SMILES string of the molecule is COC(=O)Cc1[nH]c2c(c1C)C(=O)CCC2. The molecule has 0 unspecified atom stereocenters. The zero-order valence-electron chi connectivity index (χ0n) is 9.55. The van der Waals surface area contributed by atoms with Crippen LogP contribution in [-0.2, 0) is 22.4 Å². The third kappa shape index (κ3) is 1.75. The molecular weight excluding hydrogens is 206 g/mol. The largest absolute Gasteiger partial charge is 0.469 e. The third-order valence-electron chi connectivity index (χ3n) is 3.09. The number of hydrogen-bond acceptors (Lipinski definition) is 3. The normalized spacial score (nSPS) is 14.8. The van der Waals surface area contributed by atoms with Crippen LogP contribution in [0.15, 0.2) is 0 Å². The molecule has 86 valence electrons. The molecule has 1 aliphatic rings. The van der Waals surface area contributed by atoms with Gasteiger partial charge in [-0.1, -0.05) is 0 Å². The van der Waals surface area contributed by atoms with Crippen molar-refractivity contribution in [2.24, 2.45) is 0 Å². The average Bonchev–Trinajstić information content (AvgIpc) is 2.57. The Morgan fingerprint density at radius 2 is 2.19 bits per heavy atom. The summed E-state index contributed by atoms with van der Waals surface area (Å²) >= 11 is 0. The second-order valence-electron chi connectivity index (χ2n) is 4.11. The highest BCUT2D eigenvalue weighted by molar-refractivity contribution is 6.00. The maximum Gasteiger partial charge on any atom is 0.311 e. The van der Waals surface area contributed by atoms with Crippen molar-refractivity contribution in [3.63, 3.8) is 0 Å². The minimum absolute atomic E-state index is 0.186. The summed E-state index contributed by atoms with van der Waals surface area (Å²) < 4.78 is 4.62. The number of carbonyl (C=O) groups is 2. The molecule has 1 aromatic rings. The number of carbonyl (C=O) groups excluding carboxylic acids is 2. The van der Waals surface area contributed by atoms with Gasteiger partial charge in [-0.15, -0.1) is 0 Å². The van der Waals surface area contributed by atoms with E-state index in [-0.39, 0.29) is 18.2 Å². The number of hydrogen-bond donors (Lipinski definition) is 1. The molecule has 0 radical (unpaired) electrons. The zero-order valence-corrected chi connectivity index (χ0v) is 9.55. The first kappa shape index (κ1) is 10.9. The lowest BCUT2D eigenvalue weighted by atomic mass is 9.93. The summed E-state index contributed by atoms with van der Waals surface area (Å²) in [4.78, 5) is 26.1. The van der Waals surface area contributed by atoms with Crippen LogP contribution < -0.4 is 0 Å². The van der Waals surface area contributed by atoms with Crippen LogP contribution in [0, 0.1) is 6.92 Å². The van der Waals surface area contributed by atoms with E-state index in [4.69, 9.17) is 0 Å². The van der Waals surface area contributed by atoms with Crippen molar-refractivity contribution in [1.82, 2.24) is 4.98 Å². The van der Waals surface area contributed by atoms with E-state index in [9.17, 15) is 9.59 Å². The van der Waals surface area contributed by atoms with Crippen molar-refractivity contribution < 1.29 is 14.3 Å². The van der Waals surface area contributed by atoms with E-state index < -0.39 is 0 Å². The van der Waals surface area contributed by atoms with Crippen molar-refractivity contribution in [3.8, 4) is 0 Å². The monoisotopic (exact) mass is 221 g/mol. The Morgan fingerprint density at radius 1 is 1.44 bits per heavy atom. The van der Waals surface area contributed by atoms with E-state index in [1.54, 1.807) is 0 Å². The number of aryl methyl sites for hydroxylation is 1. The predicted molar refractivity (Wildman–Crippen MR) is 58.5 cm³/mol. The summed E-state index contributed by atoms with van der Waals surface area (Å²) in [5.41, 5.74) is 3.50. The molecule has 1 heterocycles. The molecule has 1 aromatic heterocycles. The number of aromatic nitrogens is 1. The predicted octanol–water partition coefficient (Wildman–Crippen LogP) is 1.56. The highest BCUT2D eigenvalue weighted by Gasteiger charge is 2.24. The van der Waals surface area contributed by atoms with Gasteiger partial charge in [-0.25, -0.2) is 0 Å². The molecule has 2 rings (SSSR count). The van der Waals surface area contributed by atoms with E-state index in [1.165, 1.54) is 7.11 Å². The van der Waals surface area contributed by atoms with Crippen LogP contribution in [0.25, 0.3) is 0 Å². The summed E-state index contributed by atoms with van der Waals surface area (Å²) in [6.45, 7) is 1.89. The van der Waals surface area contributed by atoms with Gasteiger partial charge in [-0.2, -0.15) is 0 Å². The molecule has 0 saturated carbocycles. The van der Waals surface area contributed by atoms with Gasteiger partial charge >= 0.3 is 5.97 Å².